The standard InChI is InChI=1S/C14H19ClN2O.ClH/c1-9-5-6-10(7-12(9)15)14(18)17-13-4-2-3-11(13)8-16;/h5-7,11,13H,2-4,8,16H2,1H3,(H,17,18);1H. The summed E-state index contributed by atoms with van der Waals surface area (Å²) in [6.45, 7) is 2.56. The number of nitrogens with two attached hydrogens (primary N) is 1. The second-order valence-corrected chi connectivity index (χ2v) is 5.38. The van der Waals surface area contributed by atoms with Crippen LogP contribution in [-0.4, -0.2) is 18.5 Å². The average molecular weight is 303 g/mol. The lowest BCUT2D eigenvalue weighted by molar-refractivity contribution is 0.0929. The molecule has 1 amide bonds. The summed E-state index contributed by atoms with van der Waals surface area (Å²) in [5.74, 6) is 0.358. The molecule has 0 radical (unpaired) electrons. The average Bonchev–Trinajstić information content (AvgIpc) is 2.79. The van der Waals surface area contributed by atoms with E-state index in [1.807, 2.05) is 19.1 Å². The van der Waals surface area contributed by atoms with Gasteiger partial charge in [-0.05, 0) is 49.9 Å². The normalized spacial score (nSPS) is 21.8. The first-order valence-corrected chi connectivity index (χ1v) is 6.76. The number of hydrogen-bond acceptors (Lipinski definition) is 2. The molecule has 0 aliphatic heterocycles. The topological polar surface area (TPSA) is 55.1 Å². The van der Waals surface area contributed by atoms with Crippen LogP contribution in [0.5, 0.6) is 0 Å². The Morgan fingerprint density at radius 1 is 1.47 bits per heavy atom. The van der Waals surface area contributed by atoms with Gasteiger partial charge in [-0.2, -0.15) is 0 Å². The van der Waals surface area contributed by atoms with Crippen molar-refractivity contribution in [1.82, 2.24) is 5.32 Å². The molecule has 1 fully saturated rings. The Labute approximate surface area is 125 Å². The van der Waals surface area contributed by atoms with E-state index in [0.717, 1.165) is 24.8 Å². The van der Waals surface area contributed by atoms with Gasteiger partial charge in [-0.1, -0.05) is 24.1 Å². The molecule has 1 saturated carbocycles. The molecular formula is C14H20Cl2N2O. The van der Waals surface area contributed by atoms with Crippen molar-refractivity contribution in [3.05, 3.63) is 34.3 Å². The van der Waals surface area contributed by atoms with Gasteiger partial charge in [0.15, 0.2) is 0 Å². The number of carbonyl (C=O) groups is 1. The van der Waals surface area contributed by atoms with Gasteiger partial charge in [0, 0.05) is 16.6 Å². The fourth-order valence-corrected chi connectivity index (χ4v) is 2.68. The van der Waals surface area contributed by atoms with Crippen molar-refractivity contribution in [2.24, 2.45) is 11.7 Å². The zero-order valence-corrected chi connectivity index (χ0v) is 12.6. The Bertz CT molecular complexity index is 451. The number of amides is 1. The summed E-state index contributed by atoms with van der Waals surface area (Å²) in [6, 6.07) is 5.61. The van der Waals surface area contributed by atoms with E-state index in [1.165, 1.54) is 0 Å². The number of halogens is 2. The van der Waals surface area contributed by atoms with Gasteiger partial charge in [0.05, 0.1) is 0 Å². The largest absolute Gasteiger partial charge is 0.349 e. The summed E-state index contributed by atoms with van der Waals surface area (Å²) >= 11 is 6.03. The molecule has 2 rings (SSSR count). The Hall–Kier alpha value is -0.770. The van der Waals surface area contributed by atoms with Gasteiger partial charge in [0.25, 0.3) is 5.91 Å². The zero-order valence-electron chi connectivity index (χ0n) is 11.0. The van der Waals surface area contributed by atoms with Crippen LogP contribution in [0.2, 0.25) is 5.02 Å². The molecule has 0 saturated heterocycles. The van der Waals surface area contributed by atoms with Crippen LogP contribution in [0.3, 0.4) is 0 Å². The molecule has 0 heterocycles. The van der Waals surface area contributed by atoms with Gasteiger partial charge in [0.2, 0.25) is 0 Å². The highest BCUT2D eigenvalue weighted by molar-refractivity contribution is 6.31. The molecule has 2 unspecified atom stereocenters. The lowest BCUT2D eigenvalue weighted by atomic mass is 10.0. The van der Waals surface area contributed by atoms with Gasteiger partial charge >= 0.3 is 0 Å². The van der Waals surface area contributed by atoms with Crippen molar-refractivity contribution in [3.8, 4) is 0 Å². The van der Waals surface area contributed by atoms with Crippen LogP contribution < -0.4 is 11.1 Å². The van der Waals surface area contributed by atoms with Crippen LogP contribution in [-0.2, 0) is 0 Å². The van der Waals surface area contributed by atoms with E-state index < -0.39 is 0 Å². The Kier molecular flexibility index (Phi) is 6.11. The van der Waals surface area contributed by atoms with E-state index in [1.54, 1.807) is 6.07 Å². The highest BCUT2D eigenvalue weighted by Crippen LogP contribution is 2.25. The molecule has 0 aromatic heterocycles. The molecule has 19 heavy (non-hydrogen) atoms. The van der Waals surface area contributed by atoms with Crippen LogP contribution in [0.1, 0.15) is 35.2 Å². The molecule has 3 N–H and O–H groups in total. The maximum Gasteiger partial charge on any atom is 0.251 e. The van der Waals surface area contributed by atoms with E-state index in [-0.39, 0.29) is 24.4 Å². The minimum Gasteiger partial charge on any atom is -0.349 e. The summed E-state index contributed by atoms with van der Waals surface area (Å²) in [5, 5.41) is 3.69. The first kappa shape index (κ1) is 16.3. The maximum absolute atomic E-state index is 12.1. The molecule has 1 aliphatic carbocycles. The van der Waals surface area contributed by atoms with Crippen LogP contribution in [0.4, 0.5) is 0 Å². The predicted molar refractivity (Wildman–Crippen MR) is 81.1 cm³/mol. The number of hydrogen-bond donors (Lipinski definition) is 2. The quantitative estimate of drug-likeness (QED) is 0.902. The molecule has 1 aromatic carbocycles. The van der Waals surface area contributed by atoms with E-state index in [9.17, 15) is 4.79 Å². The molecule has 0 bridgehead atoms. The number of benzene rings is 1. The Morgan fingerprint density at radius 2 is 2.21 bits per heavy atom. The van der Waals surface area contributed by atoms with Crippen molar-refractivity contribution in [2.75, 3.05) is 6.54 Å². The van der Waals surface area contributed by atoms with Gasteiger partial charge in [-0.3, -0.25) is 4.79 Å². The molecule has 0 spiro atoms. The molecule has 5 heteroatoms. The number of carbonyl (C=O) groups excluding carboxylic acids is 1. The fraction of sp³-hybridized carbons (Fsp3) is 0.500. The number of nitrogens with one attached hydrogen (secondary N) is 1. The van der Waals surface area contributed by atoms with E-state index in [0.29, 0.717) is 23.0 Å². The van der Waals surface area contributed by atoms with E-state index in [4.69, 9.17) is 17.3 Å². The van der Waals surface area contributed by atoms with Crippen LogP contribution in [0.25, 0.3) is 0 Å². The van der Waals surface area contributed by atoms with Crippen molar-refractivity contribution in [3.63, 3.8) is 0 Å². The van der Waals surface area contributed by atoms with Crippen molar-refractivity contribution >= 4 is 29.9 Å². The molecule has 106 valence electrons. The molecule has 2 atom stereocenters. The number of rotatable bonds is 3. The number of aryl methyl sites for hydroxylation is 1. The van der Waals surface area contributed by atoms with Gasteiger partial charge in [0.1, 0.15) is 0 Å². The lowest BCUT2D eigenvalue weighted by Gasteiger charge is -2.19. The first-order valence-electron chi connectivity index (χ1n) is 6.39. The third-order valence-corrected chi connectivity index (χ3v) is 4.12. The predicted octanol–water partition coefficient (Wildman–Crippen LogP) is 2.93. The lowest BCUT2D eigenvalue weighted by Crippen LogP contribution is -2.39. The highest BCUT2D eigenvalue weighted by Gasteiger charge is 2.27. The second kappa shape index (κ2) is 7.13. The zero-order chi connectivity index (χ0) is 13.1. The minimum absolute atomic E-state index is 0. The third-order valence-electron chi connectivity index (χ3n) is 3.71. The second-order valence-electron chi connectivity index (χ2n) is 4.97. The van der Waals surface area contributed by atoms with E-state index in [2.05, 4.69) is 5.32 Å². The van der Waals surface area contributed by atoms with E-state index >= 15 is 0 Å². The molecule has 3 nitrogen and oxygen atoms in total. The summed E-state index contributed by atoms with van der Waals surface area (Å²) < 4.78 is 0. The smallest absolute Gasteiger partial charge is 0.251 e. The summed E-state index contributed by atoms with van der Waals surface area (Å²) in [7, 11) is 0. The van der Waals surface area contributed by atoms with Crippen LogP contribution in [0, 0.1) is 12.8 Å². The minimum atomic E-state index is -0.0535. The van der Waals surface area contributed by atoms with Crippen molar-refractivity contribution < 1.29 is 4.79 Å². The van der Waals surface area contributed by atoms with Gasteiger partial charge in [-0.15, -0.1) is 12.4 Å². The third kappa shape index (κ3) is 3.85. The van der Waals surface area contributed by atoms with Gasteiger partial charge < -0.3 is 11.1 Å². The molecule has 1 aromatic rings. The first-order chi connectivity index (χ1) is 8.61. The highest BCUT2D eigenvalue weighted by atomic mass is 35.5. The van der Waals surface area contributed by atoms with Crippen molar-refractivity contribution in [2.45, 2.75) is 32.2 Å². The van der Waals surface area contributed by atoms with Crippen LogP contribution in [0.15, 0.2) is 18.2 Å². The summed E-state index contributed by atoms with van der Waals surface area (Å²) in [5.41, 5.74) is 7.31. The summed E-state index contributed by atoms with van der Waals surface area (Å²) in [6.07, 6.45) is 3.27. The van der Waals surface area contributed by atoms with Crippen molar-refractivity contribution in [1.29, 1.82) is 0 Å². The Morgan fingerprint density at radius 3 is 2.84 bits per heavy atom. The SMILES string of the molecule is Cc1ccc(C(=O)NC2CCCC2CN)cc1Cl.Cl. The van der Waals surface area contributed by atoms with Crippen LogP contribution >= 0.6 is 24.0 Å². The monoisotopic (exact) mass is 302 g/mol. The molecular weight excluding hydrogens is 283 g/mol. The Balaban J connectivity index is 0.00000180. The maximum atomic E-state index is 12.1. The van der Waals surface area contributed by atoms with Gasteiger partial charge in [-0.25, -0.2) is 0 Å². The summed E-state index contributed by atoms with van der Waals surface area (Å²) in [4.78, 5) is 12.1. The fourth-order valence-electron chi connectivity index (χ4n) is 2.49. The molecule has 1 aliphatic rings.